The Balaban J connectivity index is 1.53. The van der Waals surface area contributed by atoms with Gasteiger partial charge in [-0.25, -0.2) is 17.6 Å². The number of pyridine rings is 1. The van der Waals surface area contributed by atoms with Gasteiger partial charge >= 0.3 is 6.03 Å². The lowest BCUT2D eigenvalue weighted by molar-refractivity contribution is 0.101. The van der Waals surface area contributed by atoms with Crippen molar-refractivity contribution in [2.45, 2.75) is 26.9 Å². The summed E-state index contributed by atoms with van der Waals surface area (Å²) in [6.07, 6.45) is 1.38. The average Bonchev–Trinajstić information content (AvgIpc) is 2.80. The Hall–Kier alpha value is -2.89. The summed E-state index contributed by atoms with van der Waals surface area (Å²) < 4.78 is 39.8. The molecule has 2 heterocycles. The number of halogens is 1. The van der Waals surface area contributed by atoms with Crippen LogP contribution in [0, 0.1) is 5.82 Å². The van der Waals surface area contributed by atoms with Gasteiger partial charge in [-0.1, -0.05) is 6.07 Å². The van der Waals surface area contributed by atoms with Gasteiger partial charge in [-0.15, -0.1) is 0 Å². The zero-order chi connectivity index (χ0) is 24.0. The molecule has 1 aliphatic rings. The van der Waals surface area contributed by atoms with Crippen molar-refractivity contribution in [2.75, 3.05) is 37.2 Å². The van der Waals surface area contributed by atoms with Gasteiger partial charge in [0.15, 0.2) is 5.78 Å². The minimum Gasteiger partial charge on any atom is -0.334 e. The van der Waals surface area contributed by atoms with Crippen LogP contribution in [0.3, 0.4) is 0 Å². The standard InChI is InChI=1S/C22H28FN5O4S/c1-3-33(31,32)28-10-8-27(9-11-28)15-17-4-6-20(23)18(12-17)13-25-22(30)26-19-5-7-21(16(2)29)24-14-19/h4-7,12,14H,3,8-11,13,15H2,1-2H3,(H2,25,26,30). The van der Waals surface area contributed by atoms with E-state index in [2.05, 4.69) is 20.5 Å². The molecule has 0 unspecified atom stereocenters. The first-order valence-corrected chi connectivity index (χ1v) is 12.3. The molecule has 1 aromatic carbocycles. The number of amides is 2. The summed E-state index contributed by atoms with van der Waals surface area (Å²) in [7, 11) is -3.18. The number of aromatic nitrogens is 1. The second kappa shape index (κ2) is 10.8. The molecule has 9 nitrogen and oxygen atoms in total. The molecule has 3 rings (SSSR count). The van der Waals surface area contributed by atoms with Gasteiger partial charge in [0.05, 0.1) is 17.6 Å². The lowest BCUT2D eigenvalue weighted by Gasteiger charge is -2.33. The predicted molar refractivity (Wildman–Crippen MR) is 123 cm³/mol. The van der Waals surface area contributed by atoms with Gasteiger partial charge in [-0.3, -0.25) is 14.7 Å². The van der Waals surface area contributed by atoms with Crippen LogP contribution in [0.15, 0.2) is 36.5 Å². The maximum atomic E-state index is 14.3. The molecule has 11 heteroatoms. The van der Waals surface area contributed by atoms with Crippen LogP contribution in [0.4, 0.5) is 14.9 Å². The van der Waals surface area contributed by atoms with E-state index in [1.807, 2.05) is 0 Å². The summed E-state index contributed by atoms with van der Waals surface area (Å²) >= 11 is 0. The van der Waals surface area contributed by atoms with Gasteiger partial charge in [0.1, 0.15) is 11.5 Å². The molecular formula is C22H28FN5O4S. The van der Waals surface area contributed by atoms with Gasteiger partial charge in [-0.2, -0.15) is 4.31 Å². The van der Waals surface area contributed by atoms with Crippen molar-refractivity contribution in [3.8, 4) is 0 Å². The van der Waals surface area contributed by atoms with E-state index in [1.54, 1.807) is 25.1 Å². The summed E-state index contributed by atoms with van der Waals surface area (Å²) in [6, 6.07) is 7.32. The largest absolute Gasteiger partial charge is 0.334 e. The maximum Gasteiger partial charge on any atom is 0.319 e. The van der Waals surface area contributed by atoms with Gasteiger partial charge in [0.2, 0.25) is 10.0 Å². The number of carbonyl (C=O) groups excluding carboxylic acids is 2. The van der Waals surface area contributed by atoms with Crippen molar-refractivity contribution in [3.05, 3.63) is 59.2 Å². The van der Waals surface area contributed by atoms with E-state index in [-0.39, 0.29) is 18.1 Å². The second-order valence-corrected chi connectivity index (χ2v) is 10.1. The van der Waals surface area contributed by atoms with Crippen molar-refractivity contribution >= 4 is 27.5 Å². The number of ketones is 1. The van der Waals surface area contributed by atoms with Gasteiger partial charge < -0.3 is 10.6 Å². The number of sulfonamides is 1. The molecule has 33 heavy (non-hydrogen) atoms. The topological polar surface area (TPSA) is 112 Å². The van der Waals surface area contributed by atoms with Crippen molar-refractivity contribution in [2.24, 2.45) is 0 Å². The van der Waals surface area contributed by atoms with Gasteiger partial charge in [0.25, 0.3) is 0 Å². The number of nitrogens with zero attached hydrogens (tertiary/aromatic N) is 3. The van der Waals surface area contributed by atoms with Crippen LogP contribution < -0.4 is 10.6 Å². The van der Waals surface area contributed by atoms with Crippen LogP contribution in [0.25, 0.3) is 0 Å². The van der Waals surface area contributed by atoms with Crippen molar-refractivity contribution in [3.63, 3.8) is 0 Å². The first-order chi connectivity index (χ1) is 15.7. The number of piperazine rings is 1. The molecule has 1 fully saturated rings. The van der Waals surface area contributed by atoms with Crippen molar-refractivity contribution in [1.29, 1.82) is 0 Å². The third-order valence-electron chi connectivity index (χ3n) is 5.43. The summed E-state index contributed by atoms with van der Waals surface area (Å²) in [5.74, 6) is -0.505. The summed E-state index contributed by atoms with van der Waals surface area (Å²) in [6.45, 7) is 5.67. The first-order valence-electron chi connectivity index (χ1n) is 10.7. The SMILES string of the molecule is CCS(=O)(=O)N1CCN(Cc2ccc(F)c(CNC(=O)Nc3ccc(C(C)=O)nc3)c2)CC1. The number of urea groups is 1. The molecule has 2 amide bonds. The molecule has 0 spiro atoms. The molecule has 1 aromatic heterocycles. The smallest absolute Gasteiger partial charge is 0.319 e. The third-order valence-corrected chi connectivity index (χ3v) is 7.31. The lowest BCUT2D eigenvalue weighted by atomic mass is 10.1. The summed E-state index contributed by atoms with van der Waals surface area (Å²) in [5, 5.41) is 5.20. The quantitative estimate of drug-likeness (QED) is 0.564. The number of rotatable bonds is 8. The van der Waals surface area contributed by atoms with Crippen LogP contribution in [-0.2, 0) is 23.1 Å². The second-order valence-electron chi connectivity index (χ2n) is 7.80. The fourth-order valence-electron chi connectivity index (χ4n) is 3.50. The van der Waals surface area contributed by atoms with Gasteiger partial charge in [0, 0.05) is 51.8 Å². The Morgan fingerprint density at radius 3 is 2.45 bits per heavy atom. The van der Waals surface area contributed by atoms with E-state index in [0.29, 0.717) is 49.7 Å². The lowest BCUT2D eigenvalue weighted by Crippen LogP contribution is -2.48. The van der Waals surface area contributed by atoms with E-state index in [0.717, 1.165) is 5.56 Å². The molecule has 1 saturated heterocycles. The number of Topliss-reactive ketones (excluding diaryl/α,β-unsaturated/α-hetero) is 1. The van der Waals surface area contributed by atoms with E-state index >= 15 is 0 Å². The molecule has 1 aliphatic heterocycles. The zero-order valence-electron chi connectivity index (χ0n) is 18.7. The van der Waals surface area contributed by atoms with Gasteiger partial charge in [-0.05, 0) is 36.8 Å². The Kier molecular flexibility index (Phi) is 8.11. The fourth-order valence-corrected chi connectivity index (χ4v) is 4.58. The molecule has 178 valence electrons. The molecule has 0 radical (unpaired) electrons. The van der Waals surface area contributed by atoms with Crippen molar-refractivity contribution in [1.82, 2.24) is 19.5 Å². The minimum absolute atomic E-state index is 0.00696. The molecule has 2 aromatic rings. The van der Waals surface area contributed by atoms with Crippen molar-refractivity contribution < 1.29 is 22.4 Å². The van der Waals surface area contributed by atoms with Crippen LogP contribution in [-0.4, -0.2) is 66.4 Å². The monoisotopic (exact) mass is 477 g/mol. The highest BCUT2D eigenvalue weighted by Crippen LogP contribution is 2.15. The van der Waals surface area contributed by atoms with Crippen LogP contribution >= 0.6 is 0 Å². The Bertz CT molecular complexity index is 1100. The van der Waals surface area contributed by atoms with E-state index < -0.39 is 21.9 Å². The Morgan fingerprint density at radius 2 is 1.85 bits per heavy atom. The summed E-state index contributed by atoms with van der Waals surface area (Å²) in [4.78, 5) is 29.5. The molecule has 0 bridgehead atoms. The third kappa shape index (κ3) is 6.80. The molecule has 2 N–H and O–H groups in total. The minimum atomic E-state index is -3.18. The number of anilines is 1. The Labute approximate surface area is 193 Å². The van der Waals surface area contributed by atoms with Crippen LogP contribution in [0.1, 0.15) is 35.5 Å². The molecule has 0 saturated carbocycles. The molecule has 0 aliphatic carbocycles. The highest BCUT2D eigenvalue weighted by Gasteiger charge is 2.25. The number of carbonyl (C=O) groups is 2. The highest BCUT2D eigenvalue weighted by atomic mass is 32.2. The van der Waals surface area contributed by atoms with Crippen LogP contribution in [0.2, 0.25) is 0 Å². The molecule has 0 atom stereocenters. The number of hydrogen-bond donors (Lipinski definition) is 2. The summed E-state index contributed by atoms with van der Waals surface area (Å²) in [5.41, 5.74) is 1.94. The van der Waals surface area contributed by atoms with Crippen LogP contribution in [0.5, 0.6) is 0 Å². The predicted octanol–water partition coefficient (Wildman–Crippen LogP) is 2.21. The number of nitrogens with one attached hydrogen (secondary N) is 2. The number of hydrogen-bond acceptors (Lipinski definition) is 6. The zero-order valence-corrected chi connectivity index (χ0v) is 19.5. The van der Waals surface area contributed by atoms with E-state index in [9.17, 15) is 22.4 Å². The maximum absolute atomic E-state index is 14.3. The Morgan fingerprint density at radius 1 is 1.12 bits per heavy atom. The fraction of sp³-hybridized carbons (Fsp3) is 0.409. The first kappa shape index (κ1) is 24.7. The molecular weight excluding hydrogens is 449 g/mol. The van der Waals surface area contributed by atoms with E-state index in [1.165, 1.54) is 29.6 Å². The number of benzene rings is 1. The average molecular weight is 478 g/mol. The highest BCUT2D eigenvalue weighted by molar-refractivity contribution is 7.89. The normalized spacial score (nSPS) is 15.2. The van der Waals surface area contributed by atoms with E-state index in [4.69, 9.17) is 0 Å².